The largest absolute Gasteiger partial charge is 0.478 e. The van der Waals surface area contributed by atoms with E-state index in [0.29, 0.717) is 32.2 Å². The number of hydrogen-bond donors (Lipinski definition) is 1. The van der Waals surface area contributed by atoms with Gasteiger partial charge in [0.25, 0.3) is 0 Å². The lowest BCUT2D eigenvalue weighted by atomic mass is 10.1. The number of aromatic nitrogens is 4. The van der Waals surface area contributed by atoms with Crippen LogP contribution in [0.4, 0.5) is 0 Å². The van der Waals surface area contributed by atoms with Gasteiger partial charge in [0.1, 0.15) is 0 Å². The second-order valence-electron chi connectivity index (χ2n) is 4.81. The summed E-state index contributed by atoms with van der Waals surface area (Å²) in [5.41, 5.74) is 1.13. The summed E-state index contributed by atoms with van der Waals surface area (Å²) >= 11 is 19.8. The molecule has 1 N–H and O–H groups in total. The van der Waals surface area contributed by atoms with Crippen LogP contribution in [0.2, 0.25) is 15.1 Å². The van der Waals surface area contributed by atoms with Crippen LogP contribution >= 0.6 is 46.6 Å². The number of thioether (sulfide) groups is 1. The first-order valence-corrected chi connectivity index (χ1v) is 8.97. The van der Waals surface area contributed by atoms with Crippen molar-refractivity contribution >= 4 is 52.5 Å². The number of para-hydroxylation sites is 1. The number of carboxylic acid groups (broad SMARTS) is 1. The van der Waals surface area contributed by atoms with Gasteiger partial charge in [-0.1, -0.05) is 58.7 Å². The third kappa shape index (κ3) is 3.74. The van der Waals surface area contributed by atoms with Gasteiger partial charge >= 0.3 is 5.97 Å². The Labute approximate surface area is 161 Å². The lowest BCUT2D eigenvalue weighted by Gasteiger charge is -2.10. The fourth-order valence-corrected chi connectivity index (χ4v) is 3.96. The summed E-state index contributed by atoms with van der Waals surface area (Å²) in [6, 6.07) is 10.0. The fourth-order valence-electron chi connectivity index (χ4n) is 2.08. The Balaban J connectivity index is 1.90. The number of tetrazole rings is 1. The molecule has 0 aliphatic heterocycles. The molecule has 0 radical (unpaired) electrons. The van der Waals surface area contributed by atoms with Gasteiger partial charge < -0.3 is 5.11 Å². The van der Waals surface area contributed by atoms with E-state index in [4.69, 9.17) is 34.8 Å². The van der Waals surface area contributed by atoms with Crippen molar-refractivity contribution in [2.45, 2.75) is 10.9 Å². The molecular weight excluding hydrogens is 407 g/mol. The van der Waals surface area contributed by atoms with E-state index >= 15 is 0 Å². The van der Waals surface area contributed by atoms with Gasteiger partial charge in [0.05, 0.1) is 21.3 Å². The van der Waals surface area contributed by atoms with Gasteiger partial charge in [-0.25, -0.2) is 4.79 Å². The second kappa shape index (κ2) is 7.61. The normalized spacial score (nSPS) is 10.8. The molecule has 10 heteroatoms. The molecule has 0 aliphatic rings. The summed E-state index contributed by atoms with van der Waals surface area (Å²) in [6.45, 7) is 0. The average Bonchev–Trinajstić information content (AvgIpc) is 3.03. The number of carbonyl (C=O) groups is 1. The van der Waals surface area contributed by atoms with Crippen molar-refractivity contribution in [2.24, 2.45) is 0 Å². The molecule has 0 fully saturated rings. The minimum absolute atomic E-state index is 0.00707. The van der Waals surface area contributed by atoms with Crippen molar-refractivity contribution < 1.29 is 9.90 Å². The predicted molar refractivity (Wildman–Crippen MR) is 97.1 cm³/mol. The molecular formula is C15H9Cl3N4O2S. The van der Waals surface area contributed by atoms with Crippen molar-refractivity contribution in [2.75, 3.05) is 0 Å². The summed E-state index contributed by atoms with van der Waals surface area (Å²) in [5.74, 6) is -0.822. The lowest BCUT2D eigenvalue weighted by Crippen LogP contribution is -2.02. The zero-order chi connectivity index (χ0) is 18.0. The molecule has 3 aromatic rings. The molecule has 3 rings (SSSR count). The highest BCUT2D eigenvalue weighted by molar-refractivity contribution is 7.98. The van der Waals surface area contributed by atoms with Crippen LogP contribution in [0.3, 0.4) is 0 Å². The van der Waals surface area contributed by atoms with Crippen molar-refractivity contribution in [1.29, 1.82) is 0 Å². The number of benzene rings is 2. The van der Waals surface area contributed by atoms with Gasteiger partial charge in [-0.3, -0.25) is 0 Å². The van der Waals surface area contributed by atoms with Gasteiger partial charge in [-0.15, -0.1) is 5.10 Å². The highest BCUT2D eigenvalue weighted by Crippen LogP contribution is 2.34. The molecule has 0 spiro atoms. The number of halogens is 3. The smallest absolute Gasteiger partial charge is 0.337 e. The van der Waals surface area contributed by atoms with Gasteiger partial charge in [0, 0.05) is 16.3 Å². The van der Waals surface area contributed by atoms with E-state index in [1.807, 2.05) is 6.07 Å². The minimum atomic E-state index is -1.12. The summed E-state index contributed by atoms with van der Waals surface area (Å²) < 4.78 is 1.50. The van der Waals surface area contributed by atoms with Crippen molar-refractivity contribution in [3.05, 3.63) is 62.6 Å². The first kappa shape index (κ1) is 18.0. The molecule has 0 unspecified atom stereocenters. The Morgan fingerprint density at radius 3 is 2.60 bits per heavy atom. The molecule has 6 nitrogen and oxygen atoms in total. The molecule has 0 atom stereocenters. The van der Waals surface area contributed by atoms with Crippen LogP contribution in [-0.2, 0) is 5.75 Å². The van der Waals surface area contributed by atoms with Crippen LogP contribution in [0.1, 0.15) is 15.9 Å². The topological polar surface area (TPSA) is 80.9 Å². The number of carboxylic acids is 1. The van der Waals surface area contributed by atoms with Crippen LogP contribution in [0.15, 0.2) is 41.6 Å². The van der Waals surface area contributed by atoms with Crippen LogP contribution in [0, 0.1) is 0 Å². The Hall–Kier alpha value is -1.80. The van der Waals surface area contributed by atoms with Crippen LogP contribution in [0.25, 0.3) is 5.69 Å². The van der Waals surface area contributed by atoms with Gasteiger partial charge in [0.15, 0.2) is 0 Å². The minimum Gasteiger partial charge on any atom is -0.478 e. The molecule has 1 aromatic heterocycles. The number of hydrogen-bond acceptors (Lipinski definition) is 5. The molecule has 0 saturated heterocycles. The standard InChI is InChI=1S/C15H9Cl3N4O2S/c16-10-6-5-8(14(23)24)13(18)9(10)7-25-15-19-20-21-22(15)12-4-2-1-3-11(12)17/h1-6H,7H2,(H,23,24). The third-order valence-corrected chi connectivity index (χ3v) is 5.33. The Morgan fingerprint density at radius 1 is 1.12 bits per heavy atom. The second-order valence-corrected chi connectivity index (χ2v) is 6.94. The maximum atomic E-state index is 11.2. The van der Waals surface area contributed by atoms with Crippen LogP contribution < -0.4 is 0 Å². The number of aromatic carboxylic acids is 1. The third-order valence-electron chi connectivity index (χ3n) is 3.28. The zero-order valence-electron chi connectivity index (χ0n) is 12.4. The average molecular weight is 416 g/mol. The van der Waals surface area contributed by atoms with Crippen LogP contribution in [-0.4, -0.2) is 31.3 Å². The Bertz CT molecular complexity index is 948. The maximum Gasteiger partial charge on any atom is 0.337 e. The number of rotatable bonds is 5. The van der Waals surface area contributed by atoms with E-state index in [2.05, 4.69) is 15.5 Å². The van der Waals surface area contributed by atoms with Crippen molar-refractivity contribution in [3.8, 4) is 5.69 Å². The molecule has 0 bridgehead atoms. The Morgan fingerprint density at radius 2 is 1.88 bits per heavy atom. The lowest BCUT2D eigenvalue weighted by molar-refractivity contribution is 0.0697. The molecule has 128 valence electrons. The molecule has 0 aliphatic carbocycles. The highest BCUT2D eigenvalue weighted by atomic mass is 35.5. The summed E-state index contributed by atoms with van der Waals surface area (Å²) in [7, 11) is 0. The molecule has 1 heterocycles. The van der Waals surface area contributed by atoms with E-state index in [0.717, 1.165) is 0 Å². The summed E-state index contributed by atoms with van der Waals surface area (Å²) in [6.07, 6.45) is 0. The highest BCUT2D eigenvalue weighted by Gasteiger charge is 2.18. The van der Waals surface area contributed by atoms with Gasteiger partial charge in [-0.05, 0) is 34.7 Å². The van der Waals surface area contributed by atoms with E-state index in [1.54, 1.807) is 18.2 Å². The van der Waals surface area contributed by atoms with Crippen molar-refractivity contribution in [3.63, 3.8) is 0 Å². The van der Waals surface area contributed by atoms with Crippen LogP contribution in [0.5, 0.6) is 0 Å². The Kier molecular flexibility index (Phi) is 5.48. The van der Waals surface area contributed by atoms with E-state index < -0.39 is 5.97 Å². The number of nitrogens with zero attached hydrogens (tertiary/aromatic N) is 4. The maximum absolute atomic E-state index is 11.2. The van der Waals surface area contributed by atoms with E-state index in [-0.39, 0.29) is 10.6 Å². The molecule has 0 amide bonds. The van der Waals surface area contributed by atoms with Gasteiger partial charge in [-0.2, -0.15) is 4.68 Å². The SMILES string of the molecule is O=C(O)c1ccc(Cl)c(CSc2nnnn2-c2ccccc2Cl)c1Cl. The first-order chi connectivity index (χ1) is 12.0. The quantitative estimate of drug-likeness (QED) is 0.613. The molecule has 0 saturated carbocycles. The zero-order valence-corrected chi connectivity index (χ0v) is 15.4. The van der Waals surface area contributed by atoms with E-state index in [9.17, 15) is 9.90 Å². The summed E-state index contributed by atoms with van der Waals surface area (Å²) in [5, 5.41) is 22.2. The van der Waals surface area contributed by atoms with Crippen molar-refractivity contribution in [1.82, 2.24) is 20.2 Å². The van der Waals surface area contributed by atoms with E-state index in [1.165, 1.54) is 28.6 Å². The molecule has 2 aromatic carbocycles. The monoisotopic (exact) mass is 414 g/mol. The predicted octanol–water partition coefficient (Wildman–Crippen LogP) is 4.61. The summed E-state index contributed by atoms with van der Waals surface area (Å²) in [4.78, 5) is 11.2. The van der Waals surface area contributed by atoms with Gasteiger partial charge in [0.2, 0.25) is 5.16 Å². The molecule has 25 heavy (non-hydrogen) atoms. The fraction of sp³-hybridized carbons (Fsp3) is 0.0667. The first-order valence-electron chi connectivity index (χ1n) is 6.85.